The van der Waals surface area contributed by atoms with Gasteiger partial charge < -0.3 is 0 Å². The molecule has 1 heteroatoms. The van der Waals surface area contributed by atoms with Gasteiger partial charge in [0.25, 0.3) is 0 Å². The van der Waals surface area contributed by atoms with Crippen molar-refractivity contribution in [2.45, 2.75) is 103 Å². The molecule has 0 heterocycles. The summed E-state index contributed by atoms with van der Waals surface area (Å²) in [7, 11) is 0. The number of hydrogen-bond acceptors (Lipinski definition) is 0. The van der Waals surface area contributed by atoms with E-state index < -0.39 is 6.17 Å². The van der Waals surface area contributed by atoms with E-state index in [1.165, 1.54) is 70.6 Å². The molecule has 0 aromatic carbocycles. The van der Waals surface area contributed by atoms with Gasteiger partial charge in [-0.25, -0.2) is 4.39 Å². The van der Waals surface area contributed by atoms with Crippen LogP contribution in [0.3, 0.4) is 0 Å². The normalized spacial score (nSPS) is 45.8. The van der Waals surface area contributed by atoms with Crippen LogP contribution >= 0.6 is 0 Å². The molecule has 3 aliphatic carbocycles. The average molecular weight is 323 g/mol. The molecule has 0 nitrogen and oxygen atoms in total. The third-order valence-corrected chi connectivity index (χ3v) is 7.70. The number of hydrogen-bond donors (Lipinski definition) is 0. The Morgan fingerprint density at radius 3 is 1.74 bits per heavy atom. The summed E-state index contributed by atoms with van der Waals surface area (Å²) >= 11 is 0. The first-order chi connectivity index (χ1) is 11.1. The third kappa shape index (κ3) is 4.95. The lowest BCUT2D eigenvalue weighted by Gasteiger charge is -2.39. The van der Waals surface area contributed by atoms with E-state index in [0.717, 1.165) is 30.6 Å². The van der Waals surface area contributed by atoms with Crippen LogP contribution in [0.2, 0.25) is 0 Å². The van der Waals surface area contributed by atoms with Crippen LogP contribution in [0.5, 0.6) is 0 Å². The minimum Gasteiger partial charge on any atom is -0.247 e. The first-order valence-corrected chi connectivity index (χ1v) is 10.8. The Morgan fingerprint density at radius 1 is 0.652 bits per heavy atom. The lowest BCUT2D eigenvalue weighted by atomic mass is 9.68. The Morgan fingerprint density at radius 2 is 1.17 bits per heavy atom. The minimum atomic E-state index is -0.496. The average Bonchev–Trinajstić information content (AvgIpc) is 2.55. The molecule has 3 fully saturated rings. The molecular formula is C22H39F. The van der Waals surface area contributed by atoms with Crippen LogP contribution in [0.15, 0.2) is 0 Å². The molecule has 3 aliphatic rings. The Labute approximate surface area is 144 Å². The van der Waals surface area contributed by atoms with Crippen molar-refractivity contribution in [2.75, 3.05) is 0 Å². The van der Waals surface area contributed by atoms with Crippen LogP contribution in [0.4, 0.5) is 4.39 Å². The van der Waals surface area contributed by atoms with E-state index in [0.29, 0.717) is 17.8 Å². The standard InChI is InChI=1S/C22H39F/c1-16-3-6-18(7-4-16)8-9-19-10-12-20(13-11-19)21-14-5-17(2)15-22(21)23/h16-22H,3-15H2,1-2H3. The molecule has 3 atom stereocenters. The third-order valence-electron chi connectivity index (χ3n) is 7.70. The summed E-state index contributed by atoms with van der Waals surface area (Å²) in [5.74, 6) is 4.71. The van der Waals surface area contributed by atoms with Gasteiger partial charge >= 0.3 is 0 Å². The summed E-state index contributed by atoms with van der Waals surface area (Å²) in [6.07, 6.45) is 17.1. The van der Waals surface area contributed by atoms with Crippen LogP contribution in [-0.2, 0) is 0 Å². The van der Waals surface area contributed by atoms with E-state index in [2.05, 4.69) is 13.8 Å². The Hall–Kier alpha value is -0.0700. The molecule has 0 aromatic heterocycles. The van der Waals surface area contributed by atoms with Crippen LogP contribution < -0.4 is 0 Å². The highest BCUT2D eigenvalue weighted by atomic mass is 19.1. The van der Waals surface area contributed by atoms with Crippen LogP contribution in [0.25, 0.3) is 0 Å². The number of halogens is 1. The molecule has 0 saturated heterocycles. The van der Waals surface area contributed by atoms with Crippen molar-refractivity contribution in [3.8, 4) is 0 Å². The van der Waals surface area contributed by atoms with Gasteiger partial charge in [0.1, 0.15) is 6.17 Å². The van der Waals surface area contributed by atoms with E-state index in [1.54, 1.807) is 0 Å². The largest absolute Gasteiger partial charge is 0.247 e. The van der Waals surface area contributed by atoms with Crippen molar-refractivity contribution < 1.29 is 4.39 Å². The monoisotopic (exact) mass is 322 g/mol. The predicted molar refractivity (Wildman–Crippen MR) is 97.2 cm³/mol. The second-order valence-electron chi connectivity index (χ2n) is 9.58. The van der Waals surface area contributed by atoms with Gasteiger partial charge in [-0.05, 0) is 61.2 Å². The van der Waals surface area contributed by atoms with E-state index in [-0.39, 0.29) is 0 Å². The zero-order valence-electron chi connectivity index (χ0n) is 15.6. The molecule has 0 aliphatic heterocycles. The molecule has 0 spiro atoms. The maximum atomic E-state index is 14.4. The van der Waals surface area contributed by atoms with Gasteiger partial charge in [0.05, 0.1) is 0 Å². The fourth-order valence-corrected chi connectivity index (χ4v) is 5.86. The van der Waals surface area contributed by atoms with E-state index in [4.69, 9.17) is 0 Å². The molecule has 3 saturated carbocycles. The Balaban J connectivity index is 1.35. The van der Waals surface area contributed by atoms with Gasteiger partial charge in [0.2, 0.25) is 0 Å². The van der Waals surface area contributed by atoms with E-state index >= 15 is 0 Å². The fourth-order valence-electron chi connectivity index (χ4n) is 5.86. The summed E-state index contributed by atoms with van der Waals surface area (Å²) in [4.78, 5) is 0. The van der Waals surface area contributed by atoms with Crippen molar-refractivity contribution in [2.24, 2.45) is 35.5 Å². The fraction of sp³-hybridized carbons (Fsp3) is 1.00. The first-order valence-electron chi connectivity index (χ1n) is 10.8. The summed E-state index contributed by atoms with van der Waals surface area (Å²) in [6, 6.07) is 0. The molecule has 0 bridgehead atoms. The Kier molecular flexibility index (Phi) is 6.44. The summed E-state index contributed by atoms with van der Waals surface area (Å²) in [5.41, 5.74) is 0. The topological polar surface area (TPSA) is 0 Å². The summed E-state index contributed by atoms with van der Waals surface area (Å²) in [6.45, 7) is 4.65. The van der Waals surface area contributed by atoms with Crippen LogP contribution in [0.1, 0.15) is 97.3 Å². The molecule has 0 aromatic rings. The van der Waals surface area contributed by atoms with Gasteiger partial charge in [0.15, 0.2) is 0 Å². The van der Waals surface area contributed by atoms with E-state index in [1.807, 2.05) is 0 Å². The summed E-state index contributed by atoms with van der Waals surface area (Å²) in [5, 5.41) is 0. The highest BCUT2D eigenvalue weighted by Gasteiger charge is 2.36. The SMILES string of the molecule is CC1CCC(CCC2CCC(C3CCC(C)CC3F)CC2)CC1. The van der Waals surface area contributed by atoms with Crippen molar-refractivity contribution in [1.82, 2.24) is 0 Å². The minimum absolute atomic E-state index is 0.409. The first kappa shape index (κ1) is 17.7. The molecule has 0 amide bonds. The molecule has 134 valence electrons. The molecular weight excluding hydrogens is 283 g/mol. The highest BCUT2D eigenvalue weighted by molar-refractivity contribution is 4.86. The van der Waals surface area contributed by atoms with Gasteiger partial charge in [-0.1, -0.05) is 71.6 Å². The lowest BCUT2D eigenvalue weighted by molar-refractivity contribution is 0.0610. The molecule has 23 heavy (non-hydrogen) atoms. The van der Waals surface area contributed by atoms with Gasteiger partial charge in [-0.2, -0.15) is 0 Å². The quantitative estimate of drug-likeness (QED) is 0.514. The van der Waals surface area contributed by atoms with Crippen molar-refractivity contribution in [3.05, 3.63) is 0 Å². The van der Waals surface area contributed by atoms with Gasteiger partial charge in [0, 0.05) is 0 Å². The maximum absolute atomic E-state index is 14.4. The second kappa shape index (κ2) is 8.34. The molecule has 3 unspecified atom stereocenters. The van der Waals surface area contributed by atoms with Crippen molar-refractivity contribution >= 4 is 0 Å². The van der Waals surface area contributed by atoms with Crippen LogP contribution in [0, 0.1) is 35.5 Å². The van der Waals surface area contributed by atoms with Crippen molar-refractivity contribution in [1.29, 1.82) is 0 Å². The van der Waals surface area contributed by atoms with Gasteiger partial charge in [-0.3, -0.25) is 0 Å². The maximum Gasteiger partial charge on any atom is 0.103 e. The predicted octanol–water partition coefficient (Wildman–Crippen LogP) is 7.17. The molecule has 0 radical (unpaired) electrons. The Bertz CT molecular complexity index is 336. The van der Waals surface area contributed by atoms with Crippen molar-refractivity contribution in [3.63, 3.8) is 0 Å². The van der Waals surface area contributed by atoms with Crippen LogP contribution in [-0.4, -0.2) is 6.17 Å². The zero-order chi connectivity index (χ0) is 16.2. The smallest absolute Gasteiger partial charge is 0.103 e. The van der Waals surface area contributed by atoms with Gasteiger partial charge in [-0.15, -0.1) is 0 Å². The molecule has 3 rings (SSSR count). The lowest BCUT2D eigenvalue weighted by Crippen LogP contribution is -2.33. The number of alkyl halides is 1. The highest BCUT2D eigenvalue weighted by Crippen LogP contribution is 2.44. The second-order valence-corrected chi connectivity index (χ2v) is 9.58. The number of rotatable bonds is 4. The van der Waals surface area contributed by atoms with E-state index in [9.17, 15) is 4.39 Å². The summed E-state index contributed by atoms with van der Waals surface area (Å²) < 4.78 is 14.4. The molecule has 0 N–H and O–H groups in total. The zero-order valence-corrected chi connectivity index (χ0v) is 15.6.